The molecular weight excluding hydrogens is 436 g/mol. The molecule has 1 atom stereocenters. The van der Waals surface area contributed by atoms with Crippen LogP contribution in [-0.4, -0.2) is 42.1 Å². The van der Waals surface area contributed by atoms with Gasteiger partial charge in [-0.05, 0) is 98.0 Å². The summed E-state index contributed by atoms with van der Waals surface area (Å²) in [6.07, 6.45) is 11.6. The molecule has 0 N–H and O–H groups in total. The van der Waals surface area contributed by atoms with Gasteiger partial charge in [-0.1, -0.05) is 18.2 Å². The van der Waals surface area contributed by atoms with Crippen molar-refractivity contribution < 1.29 is 14.3 Å². The number of ether oxygens (including phenoxy) is 2. The topological polar surface area (TPSA) is 51.7 Å². The van der Waals surface area contributed by atoms with E-state index in [-0.39, 0.29) is 17.9 Å². The van der Waals surface area contributed by atoms with E-state index >= 15 is 0 Å². The third-order valence-electron chi connectivity index (χ3n) is 7.33. The third-order valence-corrected chi connectivity index (χ3v) is 7.33. The molecule has 1 aliphatic carbocycles. The first-order valence-corrected chi connectivity index (χ1v) is 12.8. The highest BCUT2D eigenvalue weighted by Crippen LogP contribution is 2.37. The largest absolute Gasteiger partial charge is 0.493 e. The van der Waals surface area contributed by atoms with Crippen molar-refractivity contribution in [1.29, 1.82) is 0 Å². The van der Waals surface area contributed by atoms with Crippen LogP contribution in [0.4, 0.5) is 0 Å². The second-order valence-corrected chi connectivity index (χ2v) is 9.67. The van der Waals surface area contributed by atoms with Crippen LogP contribution in [0.15, 0.2) is 67.0 Å². The molecule has 1 aromatic heterocycles. The predicted octanol–water partition coefficient (Wildman–Crippen LogP) is 6.02. The van der Waals surface area contributed by atoms with E-state index < -0.39 is 0 Å². The third kappa shape index (κ3) is 5.50. The fraction of sp³-hybridized carbons (Fsp3) is 0.400. The molecule has 35 heavy (non-hydrogen) atoms. The van der Waals surface area contributed by atoms with E-state index in [0.717, 1.165) is 62.3 Å². The van der Waals surface area contributed by atoms with Crippen molar-refractivity contribution in [2.24, 2.45) is 0 Å². The van der Waals surface area contributed by atoms with Crippen LogP contribution in [0.5, 0.6) is 11.5 Å². The number of hydrogen-bond acceptors (Lipinski definition) is 4. The van der Waals surface area contributed by atoms with Crippen LogP contribution in [0.2, 0.25) is 0 Å². The standard InChI is InChI=1S/C30H34N2O3/c1-34-28-13-12-25(21-29(28)35-26-6-2-3-7-26)27(20-22-14-16-31-17-15-22)23-8-10-24(11-9-23)30(33)32-18-4-5-19-32/h8-17,21,26-27H,2-7,18-20H2,1H3. The average molecular weight is 471 g/mol. The fourth-order valence-corrected chi connectivity index (χ4v) is 5.33. The number of methoxy groups -OCH3 is 1. The summed E-state index contributed by atoms with van der Waals surface area (Å²) < 4.78 is 12.0. The van der Waals surface area contributed by atoms with Crippen LogP contribution >= 0.6 is 0 Å². The molecule has 2 fully saturated rings. The van der Waals surface area contributed by atoms with Crippen molar-refractivity contribution in [2.45, 2.75) is 57.0 Å². The van der Waals surface area contributed by atoms with Crippen molar-refractivity contribution >= 4 is 5.91 Å². The van der Waals surface area contributed by atoms with Crippen molar-refractivity contribution in [2.75, 3.05) is 20.2 Å². The second kappa shape index (κ2) is 10.9. The van der Waals surface area contributed by atoms with Crippen LogP contribution < -0.4 is 9.47 Å². The van der Waals surface area contributed by atoms with Gasteiger partial charge in [-0.3, -0.25) is 9.78 Å². The highest BCUT2D eigenvalue weighted by Gasteiger charge is 2.23. The number of rotatable bonds is 8. The zero-order valence-corrected chi connectivity index (χ0v) is 20.5. The minimum Gasteiger partial charge on any atom is -0.493 e. The summed E-state index contributed by atoms with van der Waals surface area (Å²) in [5, 5.41) is 0. The molecule has 3 aromatic rings. The first-order chi connectivity index (χ1) is 17.2. The number of benzene rings is 2. The average Bonchev–Trinajstić information content (AvgIpc) is 3.63. The van der Waals surface area contributed by atoms with Crippen molar-refractivity contribution in [3.63, 3.8) is 0 Å². The van der Waals surface area contributed by atoms with E-state index in [1.165, 1.54) is 29.5 Å². The summed E-state index contributed by atoms with van der Waals surface area (Å²) in [4.78, 5) is 19.0. The molecule has 1 saturated carbocycles. The molecule has 0 bridgehead atoms. The van der Waals surface area contributed by atoms with Gasteiger partial charge in [-0.2, -0.15) is 0 Å². The fourth-order valence-electron chi connectivity index (χ4n) is 5.33. The van der Waals surface area contributed by atoms with Gasteiger partial charge in [0.05, 0.1) is 13.2 Å². The Morgan fingerprint density at radius 1 is 0.914 bits per heavy atom. The van der Waals surface area contributed by atoms with Gasteiger partial charge in [0.2, 0.25) is 0 Å². The molecule has 5 heteroatoms. The Morgan fingerprint density at radius 2 is 1.60 bits per heavy atom. The Morgan fingerprint density at radius 3 is 2.29 bits per heavy atom. The van der Waals surface area contributed by atoms with E-state index in [2.05, 4.69) is 41.4 Å². The van der Waals surface area contributed by atoms with Crippen LogP contribution in [0.1, 0.15) is 71.5 Å². The number of nitrogens with zero attached hydrogens (tertiary/aromatic N) is 2. The van der Waals surface area contributed by atoms with Gasteiger partial charge in [0.15, 0.2) is 11.5 Å². The minimum absolute atomic E-state index is 0.116. The lowest BCUT2D eigenvalue weighted by Crippen LogP contribution is -2.27. The summed E-state index contributed by atoms with van der Waals surface area (Å²) >= 11 is 0. The van der Waals surface area contributed by atoms with E-state index in [9.17, 15) is 4.79 Å². The molecule has 0 spiro atoms. The summed E-state index contributed by atoms with van der Waals surface area (Å²) in [7, 11) is 1.70. The molecule has 5 nitrogen and oxygen atoms in total. The highest BCUT2D eigenvalue weighted by molar-refractivity contribution is 5.94. The van der Waals surface area contributed by atoms with E-state index in [1.807, 2.05) is 35.5 Å². The quantitative estimate of drug-likeness (QED) is 0.404. The molecule has 5 rings (SSSR count). The van der Waals surface area contributed by atoms with Gasteiger partial charge < -0.3 is 14.4 Å². The maximum absolute atomic E-state index is 12.9. The Kier molecular flexibility index (Phi) is 7.31. The molecule has 1 aliphatic heterocycles. The van der Waals surface area contributed by atoms with Crippen LogP contribution in [0.25, 0.3) is 0 Å². The predicted molar refractivity (Wildman–Crippen MR) is 137 cm³/mol. The zero-order chi connectivity index (χ0) is 24.0. The maximum atomic E-state index is 12.9. The zero-order valence-electron chi connectivity index (χ0n) is 20.5. The number of hydrogen-bond donors (Lipinski definition) is 0. The van der Waals surface area contributed by atoms with Gasteiger partial charge in [0.1, 0.15) is 0 Å². The lowest BCUT2D eigenvalue weighted by molar-refractivity contribution is 0.0793. The highest BCUT2D eigenvalue weighted by atomic mass is 16.5. The summed E-state index contributed by atoms with van der Waals surface area (Å²) in [5.74, 6) is 1.84. The molecule has 1 saturated heterocycles. The molecule has 1 amide bonds. The van der Waals surface area contributed by atoms with Gasteiger partial charge in [0.25, 0.3) is 5.91 Å². The Hall–Kier alpha value is -3.34. The lowest BCUT2D eigenvalue weighted by atomic mass is 9.85. The molecular formula is C30H34N2O3. The van der Waals surface area contributed by atoms with Gasteiger partial charge in [-0.25, -0.2) is 0 Å². The summed E-state index contributed by atoms with van der Waals surface area (Å²) in [6.45, 7) is 1.72. The Bertz CT molecular complexity index is 1120. The Labute approximate surface area is 208 Å². The van der Waals surface area contributed by atoms with Crippen molar-refractivity contribution in [3.05, 3.63) is 89.2 Å². The number of carbonyl (C=O) groups is 1. The monoisotopic (exact) mass is 470 g/mol. The molecule has 2 aliphatic rings. The summed E-state index contributed by atoms with van der Waals surface area (Å²) in [5.41, 5.74) is 4.33. The van der Waals surface area contributed by atoms with Gasteiger partial charge in [0, 0.05) is 37.0 Å². The number of amides is 1. The van der Waals surface area contributed by atoms with Crippen LogP contribution in [-0.2, 0) is 6.42 Å². The first kappa shape index (κ1) is 23.4. The molecule has 2 aromatic carbocycles. The van der Waals surface area contributed by atoms with E-state index in [1.54, 1.807) is 7.11 Å². The van der Waals surface area contributed by atoms with Crippen LogP contribution in [0, 0.1) is 0 Å². The normalized spacial score (nSPS) is 16.9. The molecule has 0 radical (unpaired) electrons. The van der Waals surface area contributed by atoms with E-state index in [4.69, 9.17) is 9.47 Å². The van der Waals surface area contributed by atoms with E-state index in [0.29, 0.717) is 0 Å². The number of aromatic nitrogens is 1. The number of pyridine rings is 1. The number of carbonyl (C=O) groups excluding carboxylic acids is 1. The maximum Gasteiger partial charge on any atom is 0.253 e. The van der Waals surface area contributed by atoms with Crippen molar-refractivity contribution in [1.82, 2.24) is 9.88 Å². The first-order valence-electron chi connectivity index (χ1n) is 12.8. The number of likely N-dealkylation sites (tertiary alicyclic amines) is 1. The molecule has 182 valence electrons. The SMILES string of the molecule is COc1ccc(C(Cc2ccncc2)c2ccc(C(=O)N3CCCC3)cc2)cc1OC1CCCC1. The smallest absolute Gasteiger partial charge is 0.253 e. The lowest BCUT2D eigenvalue weighted by Gasteiger charge is -2.22. The van der Waals surface area contributed by atoms with Gasteiger partial charge in [-0.15, -0.1) is 0 Å². The Balaban J connectivity index is 1.46. The minimum atomic E-state index is 0.116. The van der Waals surface area contributed by atoms with Crippen molar-refractivity contribution in [3.8, 4) is 11.5 Å². The second-order valence-electron chi connectivity index (χ2n) is 9.67. The molecule has 2 heterocycles. The molecule has 1 unspecified atom stereocenters. The summed E-state index contributed by atoms with van der Waals surface area (Å²) in [6, 6.07) is 18.6. The van der Waals surface area contributed by atoms with Gasteiger partial charge >= 0.3 is 0 Å². The van der Waals surface area contributed by atoms with Crippen LogP contribution in [0.3, 0.4) is 0 Å².